The summed E-state index contributed by atoms with van der Waals surface area (Å²) in [6.07, 6.45) is 1.27. The van der Waals surface area contributed by atoms with E-state index in [1.165, 1.54) is 37.6 Å². The Morgan fingerprint density at radius 3 is 2.73 bits per heavy atom. The number of benzene rings is 2. The molecular formula is C19H16ClN5O5. The molecule has 2 N–H and O–H groups in total. The van der Waals surface area contributed by atoms with Gasteiger partial charge in [0.1, 0.15) is 22.2 Å². The first kappa shape index (κ1) is 20.8. The third-order valence-electron chi connectivity index (χ3n) is 4.05. The zero-order valence-electron chi connectivity index (χ0n) is 15.9. The Morgan fingerprint density at radius 1 is 1.23 bits per heavy atom. The maximum absolute atomic E-state index is 12.3. The highest BCUT2D eigenvalue weighted by Gasteiger charge is 2.15. The maximum atomic E-state index is 12.3. The summed E-state index contributed by atoms with van der Waals surface area (Å²) >= 11 is 5.77. The van der Waals surface area contributed by atoms with Crippen molar-refractivity contribution in [3.8, 4) is 22.8 Å². The van der Waals surface area contributed by atoms with Crippen molar-refractivity contribution in [2.24, 2.45) is 5.10 Å². The van der Waals surface area contributed by atoms with E-state index in [4.69, 9.17) is 21.1 Å². The van der Waals surface area contributed by atoms with E-state index in [9.17, 15) is 14.9 Å². The molecule has 0 atom stereocenters. The van der Waals surface area contributed by atoms with Gasteiger partial charge in [0.2, 0.25) is 0 Å². The molecule has 0 aliphatic heterocycles. The second-order valence-corrected chi connectivity index (χ2v) is 6.31. The number of hydrogen-bond donors (Lipinski definition) is 2. The van der Waals surface area contributed by atoms with Crippen LogP contribution in [-0.2, 0) is 0 Å². The number of aromatic nitrogens is 2. The molecular weight excluding hydrogens is 414 g/mol. The fourth-order valence-corrected chi connectivity index (χ4v) is 2.75. The highest BCUT2D eigenvalue weighted by molar-refractivity contribution is 6.32. The lowest BCUT2D eigenvalue weighted by Gasteiger charge is -2.08. The number of amides is 1. The van der Waals surface area contributed by atoms with E-state index in [1.54, 1.807) is 25.3 Å². The van der Waals surface area contributed by atoms with Crippen molar-refractivity contribution in [2.45, 2.75) is 0 Å². The van der Waals surface area contributed by atoms with Gasteiger partial charge in [-0.2, -0.15) is 10.2 Å². The van der Waals surface area contributed by atoms with Crippen LogP contribution in [0.1, 0.15) is 16.1 Å². The molecule has 0 aliphatic carbocycles. The van der Waals surface area contributed by atoms with Crippen LogP contribution in [0.5, 0.6) is 11.5 Å². The van der Waals surface area contributed by atoms with Gasteiger partial charge in [0.15, 0.2) is 0 Å². The van der Waals surface area contributed by atoms with Crippen molar-refractivity contribution in [1.82, 2.24) is 15.6 Å². The molecule has 2 aromatic carbocycles. The fraction of sp³-hybridized carbons (Fsp3) is 0.105. The Morgan fingerprint density at radius 2 is 2.03 bits per heavy atom. The summed E-state index contributed by atoms with van der Waals surface area (Å²) in [6.45, 7) is 0. The van der Waals surface area contributed by atoms with E-state index in [0.717, 1.165) is 0 Å². The van der Waals surface area contributed by atoms with Gasteiger partial charge in [-0.1, -0.05) is 17.7 Å². The van der Waals surface area contributed by atoms with Crippen LogP contribution >= 0.6 is 11.6 Å². The third kappa shape index (κ3) is 4.55. The minimum atomic E-state index is -0.600. The number of nitrogens with one attached hydrogen (secondary N) is 2. The Bertz CT molecular complexity index is 1130. The molecule has 0 saturated carbocycles. The summed E-state index contributed by atoms with van der Waals surface area (Å²) in [5.41, 5.74) is 3.76. The standard InChI is InChI=1S/C19H16ClN5O5/c1-29-12-4-6-18(30-2)13(8-12)15-9-16(23-22-15)19(26)24-21-10-11-3-5-14(20)17(7-11)25(27)28/h3-10H,1-2H3,(H,22,23)(H,24,26). The van der Waals surface area contributed by atoms with Crippen LogP contribution < -0.4 is 14.9 Å². The number of nitro groups is 1. The summed E-state index contributed by atoms with van der Waals surface area (Å²) in [5, 5.41) is 21.5. The number of carbonyl (C=O) groups is 1. The van der Waals surface area contributed by atoms with Crippen molar-refractivity contribution < 1.29 is 19.2 Å². The van der Waals surface area contributed by atoms with E-state index < -0.39 is 10.8 Å². The lowest BCUT2D eigenvalue weighted by Crippen LogP contribution is -2.18. The number of halogens is 1. The number of aromatic amines is 1. The second kappa shape index (κ2) is 9.05. The molecule has 1 heterocycles. The summed E-state index contributed by atoms with van der Waals surface area (Å²) in [7, 11) is 3.07. The van der Waals surface area contributed by atoms with Crippen molar-refractivity contribution in [2.75, 3.05) is 14.2 Å². The van der Waals surface area contributed by atoms with E-state index in [1.807, 2.05) is 0 Å². The molecule has 10 nitrogen and oxygen atoms in total. The third-order valence-corrected chi connectivity index (χ3v) is 4.37. The number of rotatable bonds is 7. The largest absolute Gasteiger partial charge is 0.497 e. The maximum Gasteiger partial charge on any atom is 0.289 e. The molecule has 0 bridgehead atoms. The van der Waals surface area contributed by atoms with E-state index >= 15 is 0 Å². The van der Waals surface area contributed by atoms with Gasteiger partial charge >= 0.3 is 0 Å². The highest BCUT2D eigenvalue weighted by atomic mass is 35.5. The lowest BCUT2D eigenvalue weighted by atomic mass is 10.1. The summed E-state index contributed by atoms with van der Waals surface area (Å²) in [6, 6.07) is 10.9. The molecule has 154 valence electrons. The minimum absolute atomic E-state index is 0.0131. The van der Waals surface area contributed by atoms with Crippen LogP contribution in [0.3, 0.4) is 0 Å². The number of H-pyrrole nitrogens is 1. The monoisotopic (exact) mass is 429 g/mol. The summed E-state index contributed by atoms with van der Waals surface area (Å²) in [5.74, 6) is 0.633. The average Bonchev–Trinajstić information content (AvgIpc) is 3.24. The number of methoxy groups -OCH3 is 2. The van der Waals surface area contributed by atoms with Gasteiger partial charge in [0, 0.05) is 17.2 Å². The van der Waals surface area contributed by atoms with E-state index in [2.05, 4.69) is 20.7 Å². The molecule has 3 rings (SSSR count). The van der Waals surface area contributed by atoms with Gasteiger partial charge in [0.25, 0.3) is 11.6 Å². The first-order chi connectivity index (χ1) is 14.4. The molecule has 0 saturated heterocycles. The van der Waals surface area contributed by atoms with Crippen molar-refractivity contribution in [3.05, 3.63) is 68.9 Å². The summed E-state index contributed by atoms with van der Waals surface area (Å²) < 4.78 is 10.5. The van der Waals surface area contributed by atoms with Crippen LogP contribution in [-0.4, -0.2) is 41.5 Å². The van der Waals surface area contributed by atoms with Gasteiger partial charge in [-0.05, 0) is 30.3 Å². The summed E-state index contributed by atoms with van der Waals surface area (Å²) in [4.78, 5) is 22.6. The first-order valence-electron chi connectivity index (χ1n) is 8.48. The molecule has 1 aromatic heterocycles. The van der Waals surface area contributed by atoms with Crippen molar-refractivity contribution >= 4 is 29.4 Å². The molecule has 0 radical (unpaired) electrons. The predicted molar refractivity (Wildman–Crippen MR) is 110 cm³/mol. The molecule has 0 fully saturated rings. The number of nitro benzene ring substituents is 1. The van der Waals surface area contributed by atoms with Gasteiger partial charge in [-0.15, -0.1) is 0 Å². The quantitative estimate of drug-likeness (QED) is 0.336. The number of carbonyl (C=O) groups excluding carboxylic acids is 1. The zero-order chi connectivity index (χ0) is 21.7. The van der Waals surface area contributed by atoms with Crippen LogP contribution in [0.25, 0.3) is 11.3 Å². The SMILES string of the molecule is COc1ccc(OC)c(-c2cc(C(=O)NN=Cc3ccc(Cl)c([N+](=O)[O-])c3)[nH]n2)c1. The molecule has 3 aromatic rings. The van der Waals surface area contributed by atoms with Crippen LogP contribution in [0.2, 0.25) is 5.02 Å². The average molecular weight is 430 g/mol. The number of hydrazone groups is 1. The fourth-order valence-electron chi connectivity index (χ4n) is 2.57. The Kier molecular flexibility index (Phi) is 6.28. The van der Waals surface area contributed by atoms with Crippen molar-refractivity contribution in [3.63, 3.8) is 0 Å². The predicted octanol–water partition coefficient (Wildman–Crippen LogP) is 3.42. The van der Waals surface area contributed by atoms with Gasteiger partial charge in [-0.3, -0.25) is 20.0 Å². The molecule has 11 heteroatoms. The molecule has 0 unspecified atom stereocenters. The number of hydrogen-bond acceptors (Lipinski definition) is 7. The molecule has 30 heavy (non-hydrogen) atoms. The molecule has 0 aliphatic rings. The Hall–Kier alpha value is -3.92. The van der Waals surface area contributed by atoms with Gasteiger partial charge in [-0.25, -0.2) is 5.43 Å². The molecule has 1 amide bonds. The highest BCUT2D eigenvalue weighted by Crippen LogP contribution is 2.32. The number of ether oxygens (including phenoxy) is 2. The smallest absolute Gasteiger partial charge is 0.289 e. The van der Waals surface area contributed by atoms with Crippen LogP contribution in [0, 0.1) is 10.1 Å². The second-order valence-electron chi connectivity index (χ2n) is 5.90. The number of nitrogens with zero attached hydrogens (tertiary/aromatic N) is 3. The Balaban J connectivity index is 1.74. The zero-order valence-corrected chi connectivity index (χ0v) is 16.6. The lowest BCUT2D eigenvalue weighted by molar-refractivity contribution is -0.384. The van der Waals surface area contributed by atoms with Gasteiger partial charge in [0.05, 0.1) is 31.1 Å². The van der Waals surface area contributed by atoms with E-state index in [0.29, 0.717) is 28.3 Å². The topological polar surface area (TPSA) is 132 Å². The first-order valence-corrected chi connectivity index (χ1v) is 8.86. The van der Waals surface area contributed by atoms with Crippen LogP contribution in [0.15, 0.2) is 47.6 Å². The van der Waals surface area contributed by atoms with Crippen LogP contribution in [0.4, 0.5) is 5.69 Å². The van der Waals surface area contributed by atoms with Gasteiger partial charge < -0.3 is 9.47 Å². The minimum Gasteiger partial charge on any atom is -0.497 e. The molecule has 0 spiro atoms. The van der Waals surface area contributed by atoms with Crippen molar-refractivity contribution in [1.29, 1.82) is 0 Å². The Labute approximate surface area is 175 Å². The van der Waals surface area contributed by atoms with E-state index in [-0.39, 0.29) is 16.4 Å². The normalized spacial score (nSPS) is 10.8.